The molecule has 1 amide bonds. The first kappa shape index (κ1) is 20.0. The highest BCUT2D eigenvalue weighted by atomic mass is 35.5. The Morgan fingerprint density at radius 3 is 3.03 bits per heavy atom. The molecule has 4 rings (SSSR count). The third-order valence-corrected chi connectivity index (χ3v) is 4.76. The molecule has 0 spiro atoms. The molecular formula is C19H19ClN6O4. The fourth-order valence-corrected chi connectivity index (χ4v) is 3.20. The number of hydrogen-bond acceptors (Lipinski definition) is 9. The second-order valence-corrected chi connectivity index (χ2v) is 7.13. The average molecular weight is 431 g/mol. The predicted molar refractivity (Wildman–Crippen MR) is 108 cm³/mol. The Balaban J connectivity index is 1.38. The number of nitrogens with zero attached hydrogens (tertiary/aromatic N) is 5. The van der Waals surface area contributed by atoms with Crippen molar-refractivity contribution in [1.82, 2.24) is 20.1 Å². The zero-order valence-electron chi connectivity index (χ0n) is 16.0. The topological polar surface area (TPSA) is 126 Å². The molecule has 1 aromatic carbocycles. The van der Waals surface area contributed by atoms with E-state index in [2.05, 4.69) is 25.4 Å². The summed E-state index contributed by atoms with van der Waals surface area (Å²) in [5.74, 6) is 1.58. The molecule has 0 unspecified atom stereocenters. The largest absolute Gasteiger partial charge is 0.447 e. The van der Waals surface area contributed by atoms with Gasteiger partial charge in [0.2, 0.25) is 17.7 Å². The lowest BCUT2D eigenvalue weighted by Crippen LogP contribution is -2.41. The van der Waals surface area contributed by atoms with Crippen molar-refractivity contribution in [2.45, 2.75) is 25.5 Å². The first-order valence-electron chi connectivity index (χ1n) is 9.31. The van der Waals surface area contributed by atoms with Crippen LogP contribution in [-0.2, 0) is 11.2 Å². The average Bonchev–Trinajstić information content (AvgIpc) is 3.35. The van der Waals surface area contributed by atoms with Gasteiger partial charge in [-0.05, 0) is 25.1 Å². The van der Waals surface area contributed by atoms with Crippen molar-refractivity contribution in [1.29, 1.82) is 0 Å². The maximum Gasteiger partial charge on any atom is 0.416 e. The lowest BCUT2D eigenvalue weighted by atomic mass is 10.2. The summed E-state index contributed by atoms with van der Waals surface area (Å²) >= 11 is 5.99. The summed E-state index contributed by atoms with van der Waals surface area (Å²) in [7, 11) is 0. The van der Waals surface area contributed by atoms with Gasteiger partial charge in [0.05, 0.1) is 6.10 Å². The number of aromatic nitrogens is 4. The summed E-state index contributed by atoms with van der Waals surface area (Å²) in [4.78, 5) is 26.2. The number of cyclic esters (lactones) is 1. The first-order chi connectivity index (χ1) is 14.5. The Morgan fingerprint density at radius 1 is 1.37 bits per heavy atom. The van der Waals surface area contributed by atoms with Crippen molar-refractivity contribution in [3.05, 3.63) is 47.4 Å². The molecule has 1 fully saturated rings. The van der Waals surface area contributed by atoms with E-state index >= 15 is 0 Å². The summed E-state index contributed by atoms with van der Waals surface area (Å²) < 4.78 is 10.3. The van der Waals surface area contributed by atoms with Gasteiger partial charge in [-0.15, -0.1) is 0 Å². The Labute approximate surface area is 176 Å². The summed E-state index contributed by atoms with van der Waals surface area (Å²) in [6.07, 6.45) is 0.668. The van der Waals surface area contributed by atoms with Crippen LogP contribution in [0.3, 0.4) is 0 Å². The van der Waals surface area contributed by atoms with Gasteiger partial charge < -0.3 is 19.7 Å². The van der Waals surface area contributed by atoms with Crippen molar-refractivity contribution in [2.24, 2.45) is 0 Å². The van der Waals surface area contributed by atoms with E-state index in [1.807, 2.05) is 12.1 Å². The molecule has 1 aliphatic heterocycles. The molecule has 0 bridgehead atoms. The van der Waals surface area contributed by atoms with E-state index in [0.717, 1.165) is 5.56 Å². The van der Waals surface area contributed by atoms with Crippen LogP contribution in [0.5, 0.6) is 0 Å². The van der Waals surface area contributed by atoms with Gasteiger partial charge in [-0.25, -0.2) is 9.78 Å². The van der Waals surface area contributed by atoms with Crippen LogP contribution in [0.2, 0.25) is 5.02 Å². The number of hydrogen-bond donors (Lipinski definition) is 2. The van der Waals surface area contributed by atoms with E-state index in [1.54, 1.807) is 25.1 Å². The lowest BCUT2D eigenvalue weighted by Gasteiger charge is -2.22. The lowest BCUT2D eigenvalue weighted by molar-refractivity contribution is 0.142. The normalized spacial score (nSPS) is 17.1. The molecule has 1 saturated heterocycles. The maximum absolute atomic E-state index is 12.0. The number of carbonyl (C=O) groups is 1. The van der Waals surface area contributed by atoms with E-state index in [9.17, 15) is 9.90 Å². The number of halogens is 1. The molecule has 0 radical (unpaired) electrons. The van der Waals surface area contributed by atoms with Gasteiger partial charge in [0, 0.05) is 29.7 Å². The Bertz CT molecular complexity index is 1040. The smallest absolute Gasteiger partial charge is 0.416 e. The highest BCUT2D eigenvalue weighted by molar-refractivity contribution is 6.30. The van der Waals surface area contributed by atoms with E-state index in [0.29, 0.717) is 41.5 Å². The minimum atomic E-state index is -0.756. The van der Waals surface area contributed by atoms with Gasteiger partial charge in [0.25, 0.3) is 0 Å². The van der Waals surface area contributed by atoms with Crippen LogP contribution in [0.1, 0.15) is 12.8 Å². The van der Waals surface area contributed by atoms with Crippen LogP contribution in [0.25, 0.3) is 11.4 Å². The van der Waals surface area contributed by atoms with Crippen molar-refractivity contribution in [2.75, 3.05) is 23.4 Å². The van der Waals surface area contributed by atoms with Crippen LogP contribution in [0.4, 0.5) is 16.6 Å². The number of aliphatic hydroxyl groups excluding tert-OH is 1. The van der Waals surface area contributed by atoms with Gasteiger partial charge >= 0.3 is 6.09 Å². The van der Waals surface area contributed by atoms with Gasteiger partial charge in [0.15, 0.2) is 0 Å². The van der Waals surface area contributed by atoms with E-state index < -0.39 is 18.2 Å². The van der Waals surface area contributed by atoms with Crippen LogP contribution in [-0.4, -0.2) is 56.6 Å². The highest BCUT2D eigenvalue weighted by Gasteiger charge is 2.38. The van der Waals surface area contributed by atoms with Crippen molar-refractivity contribution >= 4 is 29.5 Å². The quantitative estimate of drug-likeness (QED) is 0.581. The Kier molecular flexibility index (Phi) is 5.77. The predicted octanol–water partition coefficient (Wildman–Crippen LogP) is 2.54. The molecule has 2 N–H and O–H groups in total. The number of anilines is 2. The Morgan fingerprint density at radius 2 is 2.23 bits per heavy atom. The zero-order valence-corrected chi connectivity index (χ0v) is 16.8. The van der Waals surface area contributed by atoms with E-state index in [-0.39, 0.29) is 6.61 Å². The molecule has 30 heavy (non-hydrogen) atoms. The zero-order chi connectivity index (χ0) is 21.1. The second-order valence-electron chi connectivity index (χ2n) is 6.69. The highest BCUT2D eigenvalue weighted by Crippen LogP contribution is 2.24. The van der Waals surface area contributed by atoms with Crippen LogP contribution < -0.4 is 10.2 Å². The fraction of sp³-hybridized carbons (Fsp3) is 0.316. The maximum atomic E-state index is 12.0. The van der Waals surface area contributed by atoms with E-state index in [1.165, 1.54) is 11.1 Å². The minimum absolute atomic E-state index is 0.107. The number of nitrogens with one attached hydrogen (secondary N) is 1. The first-order valence-corrected chi connectivity index (χ1v) is 9.68. The van der Waals surface area contributed by atoms with Crippen LogP contribution in [0, 0.1) is 0 Å². The molecule has 10 nitrogen and oxygen atoms in total. The van der Waals surface area contributed by atoms with Gasteiger partial charge in [0.1, 0.15) is 18.5 Å². The van der Waals surface area contributed by atoms with Crippen LogP contribution in [0.15, 0.2) is 41.1 Å². The minimum Gasteiger partial charge on any atom is -0.447 e. The summed E-state index contributed by atoms with van der Waals surface area (Å²) in [6, 6.07) is 8.29. The number of rotatable bonds is 7. The third-order valence-electron chi connectivity index (χ3n) is 4.52. The molecular weight excluding hydrogens is 412 g/mol. The summed E-state index contributed by atoms with van der Waals surface area (Å²) in [6.45, 7) is 2.14. The van der Waals surface area contributed by atoms with Gasteiger partial charge in [-0.1, -0.05) is 28.9 Å². The molecule has 1 aliphatic rings. The third kappa shape index (κ3) is 4.34. The SMILES string of the molecule is C[C@@H](O)[C@H]1COC(=O)N1c1ccnc(NCCc2nc(-c3cccc(Cl)c3)no2)n1. The number of aliphatic hydroxyl groups is 1. The monoisotopic (exact) mass is 430 g/mol. The van der Waals surface area contributed by atoms with Crippen LogP contribution >= 0.6 is 11.6 Å². The van der Waals surface area contributed by atoms with E-state index in [4.69, 9.17) is 20.9 Å². The number of amides is 1. The molecule has 0 saturated carbocycles. The molecule has 2 aromatic heterocycles. The Hall–Kier alpha value is -3.24. The van der Waals surface area contributed by atoms with Crippen molar-refractivity contribution in [3.63, 3.8) is 0 Å². The summed E-state index contributed by atoms with van der Waals surface area (Å²) in [5, 5.41) is 17.5. The molecule has 0 aliphatic carbocycles. The number of carbonyl (C=O) groups excluding carboxylic acids is 1. The number of benzene rings is 1. The van der Waals surface area contributed by atoms with Gasteiger partial charge in [-0.3, -0.25) is 4.90 Å². The molecule has 2 atom stereocenters. The molecule has 3 aromatic rings. The molecule has 3 heterocycles. The second kappa shape index (κ2) is 8.64. The summed E-state index contributed by atoms with van der Waals surface area (Å²) in [5.41, 5.74) is 0.770. The standard InChI is InChI=1S/C19H19ClN6O4/c1-11(27)14-10-29-19(28)26(14)15-5-7-21-18(23-15)22-8-6-16-24-17(25-30-16)12-3-2-4-13(20)9-12/h2-5,7,9,11,14,27H,6,8,10H2,1H3,(H,21,22,23)/t11-,14-/m1/s1. The number of ether oxygens (including phenoxy) is 1. The van der Waals surface area contributed by atoms with Gasteiger partial charge in [-0.2, -0.15) is 9.97 Å². The molecule has 156 valence electrons. The fourth-order valence-electron chi connectivity index (χ4n) is 3.01. The van der Waals surface area contributed by atoms with Crippen molar-refractivity contribution in [3.8, 4) is 11.4 Å². The molecule has 11 heteroatoms. The van der Waals surface area contributed by atoms with Crippen molar-refractivity contribution < 1.29 is 19.2 Å².